The fourth-order valence-electron chi connectivity index (χ4n) is 4.09. The van der Waals surface area contributed by atoms with Crippen LogP contribution in [0.15, 0.2) is 16.2 Å². The van der Waals surface area contributed by atoms with E-state index in [0.29, 0.717) is 31.1 Å². The summed E-state index contributed by atoms with van der Waals surface area (Å²) in [5, 5.41) is 10.7. The van der Waals surface area contributed by atoms with Crippen LogP contribution in [0.3, 0.4) is 0 Å². The van der Waals surface area contributed by atoms with Crippen LogP contribution < -0.4 is 5.56 Å². The molecule has 0 unspecified atom stereocenters. The van der Waals surface area contributed by atoms with Crippen molar-refractivity contribution < 1.29 is 4.79 Å². The van der Waals surface area contributed by atoms with Gasteiger partial charge in [0.25, 0.3) is 5.56 Å². The Morgan fingerprint density at radius 3 is 2.76 bits per heavy atom. The van der Waals surface area contributed by atoms with Crippen molar-refractivity contribution in [2.75, 3.05) is 13.1 Å². The summed E-state index contributed by atoms with van der Waals surface area (Å²) < 4.78 is 4.47. The molecule has 3 aromatic rings. The van der Waals surface area contributed by atoms with Gasteiger partial charge in [-0.15, -0.1) is 21.5 Å². The van der Waals surface area contributed by atoms with Crippen molar-refractivity contribution in [2.24, 2.45) is 11.8 Å². The first kappa shape index (κ1) is 20.1. The zero-order valence-corrected chi connectivity index (χ0v) is 18.2. The third kappa shape index (κ3) is 3.95. The van der Waals surface area contributed by atoms with Crippen LogP contribution in [0.4, 0.5) is 0 Å². The molecular formula is C21H29N5O2S. The topological polar surface area (TPSA) is 72.5 Å². The van der Waals surface area contributed by atoms with Crippen molar-refractivity contribution in [3.8, 4) is 0 Å². The molecule has 1 aliphatic heterocycles. The molecule has 0 aliphatic carbocycles. The number of amides is 1. The lowest BCUT2D eigenvalue weighted by molar-refractivity contribution is -0.132. The van der Waals surface area contributed by atoms with Crippen molar-refractivity contribution in [3.05, 3.63) is 27.6 Å². The lowest BCUT2D eigenvalue weighted by atomic mass is 9.99. The number of hydrogen-bond acceptors (Lipinski definition) is 5. The molecule has 0 bridgehead atoms. The fraction of sp³-hybridized carbons (Fsp3) is 0.619. The number of aryl methyl sites for hydroxylation is 1. The van der Waals surface area contributed by atoms with Gasteiger partial charge in [-0.1, -0.05) is 20.8 Å². The van der Waals surface area contributed by atoms with E-state index < -0.39 is 0 Å². The number of rotatable bonds is 6. The Labute approximate surface area is 174 Å². The summed E-state index contributed by atoms with van der Waals surface area (Å²) in [6.45, 7) is 8.80. The molecule has 0 N–H and O–H groups in total. The summed E-state index contributed by atoms with van der Waals surface area (Å²) in [6, 6.07) is 1.96. The van der Waals surface area contributed by atoms with Crippen LogP contribution in [0.1, 0.15) is 52.3 Å². The molecule has 0 saturated carbocycles. The van der Waals surface area contributed by atoms with Crippen molar-refractivity contribution in [1.29, 1.82) is 0 Å². The number of carbonyl (C=O) groups excluding carboxylic acids is 1. The molecule has 0 aromatic carbocycles. The summed E-state index contributed by atoms with van der Waals surface area (Å²) in [7, 11) is 0. The molecule has 1 amide bonds. The van der Waals surface area contributed by atoms with Crippen LogP contribution in [0.5, 0.6) is 0 Å². The molecule has 3 aromatic heterocycles. The normalized spacial score (nSPS) is 15.8. The molecular weight excluding hydrogens is 386 g/mol. The predicted octanol–water partition coefficient (Wildman–Crippen LogP) is 3.34. The molecule has 4 rings (SSSR count). The van der Waals surface area contributed by atoms with Crippen LogP contribution in [0.2, 0.25) is 0 Å². The van der Waals surface area contributed by atoms with E-state index in [1.165, 1.54) is 11.3 Å². The lowest BCUT2D eigenvalue weighted by Gasteiger charge is -2.30. The van der Waals surface area contributed by atoms with E-state index in [-0.39, 0.29) is 11.5 Å². The average Bonchev–Trinajstić information content (AvgIpc) is 3.32. The van der Waals surface area contributed by atoms with Gasteiger partial charge in [-0.25, -0.2) is 0 Å². The number of nitrogens with zero attached hydrogens (tertiary/aromatic N) is 5. The van der Waals surface area contributed by atoms with E-state index in [4.69, 9.17) is 0 Å². The minimum absolute atomic E-state index is 0.00431. The molecule has 7 nitrogen and oxygen atoms in total. The van der Waals surface area contributed by atoms with E-state index in [2.05, 4.69) is 31.0 Å². The summed E-state index contributed by atoms with van der Waals surface area (Å²) in [6.07, 6.45) is 4.14. The number of fused-ring (bicyclic) bond motifs is 3. The van der Waals surface area contributed by atoms with Gasteiger partial charge >= 0.3 is 0 Å². The second-order valence-corrected chi connectivity index (χ2v) is 9.53. The zero-order chi connectivity index (χ0) is 20.5. The molecule has 0 atom stereocenters. The monoisotopic (exact) mass is 415 g/mol. The van der Waals surface area contributed by atoms with E-state index >= 15 is 0 Å². The van der Waals surface area contributed by atoms with Crippen molar-refractivity contribution in [3.63, 3.8) is 0 Å². The summed E-state index contributed by atoms with van der Waals surface area (Å²) >= 11 is 1.46. The fourth-order valence-corrected chi connectivity index (χ4v) is 4.91. The van der Waals surface area contributed by atoms with Crippen molar-refractivity contribution in [2.45, 2.75) is 59.4 Å². The Balaban J connectivity index is 1.55. The van der Waals surface area contributed by atoms with E-state index in [9.17, 15) is 9.59 Å². The third-order valence-corrected chi connectivity index (χ3v) is 6.65. The molecule has 0 spiro atoms. The summed E-state index contributed by atoms with van der Waals surface area (Å²) in [4.78, 5) is 27.4. The second kappa shape index (κ2) is 8.26. The first-order chi connectivity index (χ1) is 14.0. The summed E-state index contributed by atoms with van der Waals surface area (Å²) in [5.74, 6) is 2.71. The molecule has 1 aliphatic rings. The van der Waals surface area contributed by atoms with Crippen molar-refractivity contribution in [1.82, 2.24) is 24.1 Å². The molecule has 1 fully saturated rings. The summed E-state index contributed by atoms with van der Waals surface area (Å²) in [5.41, 5.74) is 0.871. The van der Waals surface area contributed by atoms with Gasteiger partial charge in [0, 0.05) is 32.5 Å². The molecule has 4 heterocycles. The molecule has 0 radical (unpaired) electrons. The smallest absolute Gasteiger partial charge is 0.272 e. The first-order valence-corrected chi connectivity index (χ1v) is 11.5. The highest BCUT2D eigenvalue weighted by Gasteiger charge is 2.21. The standard InChI is InChI=1S/C21H29N5O2S/c1-14(2)13-25-20(28)19-16(9-12-29-19)26-17(22-23-21(25)26)5-4-6-18(27)24-10-7-15(3)8-11-24/h9,12,14-15H,4-8,10-11,13H2,1-3H3. The maximum Gasteiger partial charge on any atom is 0.272 e. The maximum absolute atomic E-state index is 12.9. The maximum atomic E-state index is 12.9. The van der Waals surface area contributed by atoms with Crippen LogP contribution in [-0.2, 0) is 17.8 Å². The minimum atomic E-state index is 0.00431. The van der Waals surface area contributed by atoms with Crippen molar-refractivity contribution >= 4 is 33.2 Å². The van der Waals surface area contributed by atoms with Crippen LogP contribution in [0, 0.1) is 11.8 Å². The van der Waals surface area contributed by atoms with Gasteiger partial charge in [0.05, 0.1) is 5.52 Å². The minimum Gasteiger partial charge on any atom is -0.343 e. The van der Waals surface area contributed by atoms with Gasteiger partial charge in [0.15, 0.2) is 0 Å². The second-order valence-electron chi connectivity index (χ2n) is 8.61. The average molecular weight is 416 g/mol. The first-order valence-electron chi connectivity index (χ1n) is 10.6. The Kier molecular flexibility index (Phi) is 5.72. The van der Waals surface area contributed by atoms with Gasteiger partial charge in [0.2, 0.25) is 11.7 Å². The number of hydrogen-bond donors (Lipinski definition) is 0. The lowest BCUT2D eigenvalue weighted by Crippen LogP contribution is -2.37. The number of piperidine rings is 1. The number of carbonyl (C=O) groups is 1. The number of thiophene rings is 1. The van der Waals surface area contributed by atoms with Gasteiger partial charge in [-0.3, -0.25) is 18.6 Å². The Hall–Kier alpha value is -2.22. The molecule has 8 heteroatoms. The molecule has 1 saturated heterocycles. The van der Waals surface area contributed by atoms with E-state index in [0.717, 1.165) is 54.3 Å². The van der Waals surface area contributed by atoms with E-state index in [1.807, 2.05) is 20.7 Å². The Morgan fingerprint density at radius 1 is 1.28 bits per heavy atom. The highest BCUT2D eigenvalue weighted by Crippen LogP contribution is 2.21. The van der Waals surface area contributed by atoms with E-state index in [1.54, 1.807) is 4.57 Å². The van der Waals surface area contributed by atoms with Gasteiger partial charge < -0.3 is 4.90 Å². The van der Waals surface area contributed by atoms with Crippen LogP contribution >= 0.6 is 11.3 Å². The van der Waals surface area contributed by atoms with Crippen LogP contribution in [0.25, 0.3) is 16.0 Å². The van der Waals surface area contributed by atoms with Gasteiger partial charge in [-0.2, -0.15) is 0 Å². The third-order valence-electron chi connectivity index (χ3n) is 5.75. The number of aromatic nitrogens is 4. The number of likely N-dealkylation sites (tertiary alicyclic amines) is 1. The predicted molar refractivity (Wildman–Crippen MR) is 115 cm³/mol. The molecule has 29 heavy (non-hydrogen) atoms. The highest BCUT2D eigenvalue weighted by molar-refractivity contribution is 7.17. The SMILES string of the molecule is CC(C)Cn1c(=O)c2sccc2n2c(CCCC(=O)N3CCC(C)CC3)nnc12. The highest BCUT2D eigenvalue weighted by atomic mass is 32.1. The van der Waals surface area contributed by atoms with Gasteiger partial charge in [0.1, 0.15) is 10.5 Å². The zero-order valence-electron chi connectivity index (χ0n) is 17.4. The Morgan fingerprint density at radius 2 is 2.03 bits per heavy atom. The van der Waals surface area contributed by atoms with Gasteiger partial charge in [-0.05, 0) is 42.5 Å². The van der Waals surface area contributed by atoms with Crippen LogP contribution in [-0.4, -0.2) is 43.1 Å². The quantitative estimate of drug-likeness (QED) is 0.619. The largest absolute Gasteiger partial charge is 0.343 e. The molecule has 156 valence electrons. The Bertz CT molecular complexity index is 1070.